The molecule has 0 aromatic rings. The van der Waals surface area contributed by atoms with Crippen molar-refractivity contribution < 1.29 is 19.7 Å². The summed E-state index contributed by atoms with van der Waals surface area (Å²) in [7, 11) is 0. The minimum Gasteiger partial charge on any atom is -0.258 e. The highest BCUT2D eigenvalue weighted by Crippen LogP contribution is 2.28. The molecule has 116 valence electrons. The lowest BCUT2D eigenvalue weighted by molar-refractivity contribution is -0.800. The Bertz CT molecular complexity index is 457. The number of hydrogen-bond donors (Lipinski definition) is 0. The van der Waals surface area contributed by atoms with Crippen molar-refractivity contribution in [3.63, 3.8) is 0 Å². The largest absolute Gasteiger partial charge is 0.457 e. The molecule has 0 unspecified atom stereocenters. The smallest absolute Gasteiger partial charge is 0.258 e. The van der Waals surface area contributed by atoms with Gasteiger partial charge in [-0.2, -0.15) is 5.26 Å². The molecular formula is C8H11N5O8. The van der Waals surface area contributed by atoms with Gasteiger partial charge in [0.15, 0.2) is 0 Å². The van der Waals surface area contributed by atoms with Crippen LogP contribution in [0.3, 0.4) is 0 Å². The van der Waals surface area contributed by atoms with Gasteiger partial charge in [-0.05, 0) is 0 Å². The summed E-state index contributed by atoms with van der Waals surface area (Å²) in [5, 5.41) is 51.8. The molecule has 0 saturated carbocycles. The maximum atomic E-state index is 10.7. The number of nitro groups is 4. The Morgan fingerprint density at radius 1 is 0.857 bits per heavy atom. The first kappa shape index (κ1) is 18.1. The van der Waals surface area contributed by atoms with Gasteiger partial charge in [0, 0.05) is 0 Å². The van der Waals surface area contributed by atoms with Crippen LogP contribution in [0.1, 0.15) is 26.7 Å². The van der Waals surface area contributed by atoms with E-state index in [1.165, 1.54) is 6.07 Å². The van der Waals surface area contributed by atoms with Crippen LogP contribution in [-0.2, 0) is 0 Å². The molecule has 0 amide bonds. The lowest BCUT2D eigenvalue weighted by atomic mass is 9.90. The molecule has 0 bridgehead atoms. The average Bonchev–Trinajstić information content (AvgIpc) is 2.36. The molecule has 0 spiro atoms. The van der Waals surface area contributed by atoms with Gasteiger partial charge in [0.1, 0.15) is 12.8 Å². The minimum atomic E-state index is -2.76. The summed E-state index contributed by atoms with van der Waals surface area (Å²) in [4.78, 5) is 38.0. The van der Waals surface area contributed by atoms with Gasteiger partial charge in [-0.1, -0.05) is 0 Å². The number of hydrogen-bond acceptors (Lipinski definition) is 9. The van der Waals surface area contributed by atoms with Crippen LogP contribution in [0.2, 0.25) is 0 Å². The molecule has 0 saturated heterocycles. The van der Waals surface area contributed by atoms with Crippen molar-refractivity contribution in [3.05, 3.63) is 40.5 Å². The summed E-state index contributed by atoms with van der Waals surface area (Å²) in [5.41, 5.74) is -5.51. The fourth-order valence-corrected chi connectivity index (χ4v) is 1.53. The van der Waals surface area contributed by atoms with E-state index in [4.69, 9.17) is 5.26 Å². The second kappa shape index (κ2) is 6.03. The molecule has 0 N–H and O–H groups in total. The zero-order valence-corrected chi connectivity index (χ0v) is 11.0. The van der Waals surface area contributed by atoms with Crippen molar-refractivity contribution in [3.8, 4) is 6.07 Å². The predicted octanol–water partition coefficient (Wildman–Crippen LogP) is 0.446. The lowest BCUT2D eigenvalue weighted by Gasteiger charge is -2.18. The summed E-state index contributed by atoms with van der Waals surface area (Å²) in [6.07, 6.45) is -1.97. The molecule has 0 atom stereocenters. The summed E-state index contributed by atoms with van der Waals surface area (Å²) in [5.74, 6) is -1.60. The molecule has 0 aliphatic rings. The molecule has 0 aliphatic carbocycles. The summed E-state index contributed by atoms with van der Waals surface area (Å²) >= 11 is 0. The zero-order chi connectivity index (χ0) is 17.0. The highest BCUT2D eigenvalue weighted by Gasteiger charge is 2.57. The summed E-state index contributed by atoms with van der Waals surface area (Å²) < 4.78 is 0. The van der Waals surface area contributed by atoms with Crippen LogP contribution in [0, 0.1) is 57.7 Å². The number of rotatable bonds is 8. The van der Waals surface area contributed by atoms with Crippen molar-refractivity contribution in [2.45, 2.75) is 38.0 Å². The molecule has 0 aliphatic heterocycles. The van der Waals surface area contributed by atoms with E-state index >= 15 is 0 Å². The van der Waals surface area contributed by atoms with Gasteiger partial charge in [-0.25, -0.2) is 0 Å². The molecule has 13 heteroatoms. The van der Waals surface area contributed by atoms with Crippen LogP contribution in [0.5, 0.6) is 0 Å². The second-order valence-electron chi connectivity index (χ2n) is 4.70. The first-order valence-electron chi connectivity index (χ1n) is 5.39. The van der Waals surface area contributed by atoms with E-state index in [9.17, 15) is 40.5 Å². The van der Waals surface area contributed by atoms with Gasteiger partial charge >= 0.3 is 11.3 Å². The molecule has 13 nitrogen and oxygen atoms in total. The van der Waals surface area contributed by atoms with Crippen LogP contribution >= 0.6 is 0 Å². The fourth-order valence-electron chi connectivity index (χ4n) is 1.53. The number of nitrogens with zero attached hydrogens (tertiary/aromatic N) is 5. The van der Waals surface area contributed by atoms with E-state index < -0.39 is 49.8 Å². The highest BCUT2D eigenvalue weighted by molar-refractivity contribution is 4.89. The van der Waals surface area contributed by atoms with Crippen molar-refractivity contribution in [1.29, 1.82) is 5.26 Å². The van der Waals surface area contributed by atoms with Crippen LogP contribution in [0.4, 0.5) is 0 Å². The van der Waals surface area contributed by atoms with E-state index in [0.29, 0.717) is 13.8 Å². The third-order valence-electron chi connectivity index (χ3n) is 3.02. The first-order chi connectivity index (χ1) is 9.41. The predicted molar refractivity (Wildman–Crippen MR) is 63.1 cm³/mol. The van der Waals surface area contributed by atoms with Crippen molar-refractivity contribution in [2.75, 3.05) is 0 Å². The molecule has 0 fully saturated rings. The van der Waals surface area contributed by atoms with E-state index in [-0.39, 0.29) is 0 Å². The molecule has 0 rings (SSSR count). The second-order valence-corrected chi connectivity index (χ2v) is 4.70. The molecule has 0 aromatic heterocycles. The molecule has 0 aromatic carbocycles. The van der Waals surface area contributed by atoms with Crippen LogP contribution < -0.4 is 0 Å². The third kappa shape index (κ3) is 3.55. The van der Waals surface area contributed by atoms with Crippen molar-refractivity contribution in [1.82, 2.24) is 0 Å². The van der Waals surface area contributed by atoms with E-state index in [1.54, 1.807) is 0 Å². The Hall–Kier alpha value is -2.91. The van der Waals surface area contributed by atoms with Gasteiger partial charge in [-0.15, -0.1) is 0 Å². The maximum Gasteiger partial charge on any atom is 0.457 e. The first-order valence-corrected chi connectivity index (χ1v) is 5.39. The minimum absolute atomic E-state index is 0.632. The quantitative estimate of drug-likeness (QED) is 0.347. The highest BCUT2D eigenvalue weighted by atomic mass is 16.7. The lowest BCUT2D eigenvalue weighted by Crippen LogP contribution is -2.48. The van der Waals surface area contributed by atoms with Crippen LogP contribution in [0.25, 0.3) is 0 Å². The Morgan fingerprint density at radius 3 is 1.24 bits per heavy atom. The molecule has 0 heterocycles. The van der Waals surface area contributed by atoms with Crippen LogP contribution in [-0.4, -0.2) is 31.0 Å². The fraction of sp³-hybridized carbons (Fsp3) is 0.875. The third-order valence-corrected chi connectivity index (χ3v) is 3.02. The number of nitriles is 1. The Morgan fingerprint density at radius 2 is 1.10 bits per heavy atom. The SMILES string of the molecule is CC(CC(C#N)CC(C)([N+](=O)[O-])[N+](=O)[O-])([N+](=O)[O-])[N+](=O)[O-]. The topological polar surface area (TPSA) is 196 Å². The Balaban J connectivity index is 5.44. The summed E-state index contributed by atoms with van der Waals surface area (Å²) in [6, 6.07) is 1.42. The van der Waals surface area contributed by atoms with Gasteiger partial charge in [0.25, 0.3) is 0 Å². The normalized spacial score (nSPS) is 11.7. The van der Waals surface area contributed by atoms with Crippen LogP contribution in [0.15, 0.2) is 0 Å². The van der Waals surface area contributed by atoms with Gasteiger partial charge in [0.05, 0.1) is 45.5 Å². The van der Waals surface area contributed by atoms with E-state index in [0.717, 1.165) is 0 Å². The van der Waals surface area contributed by atoms with Crippen molar-refractivity contribution in [2.24, 2.45) is 5.92 Å². The van der Waals surface area contributed by atoms with Gasteiger partial charge in [-0.3, -0.25) is 40.5 Å². The zero-order valence-electron chi connectivity index (χ0n) is 11.0. The molecule has 21 heavy (non-hydrogen) atoms. The Labute approximate surface area is 116 Å². The van der Waals surface area contributed by atoms with Crippen molar-refractivity contribution >= 4 is 0 Å². The monoisotopic (exact) mass is 305 g/mol. The average molecular weight is 305 g/mol. The van der Waals surface area contributed by atoms with Gasteiger partial charge < -0.3 is 0 Å². The molecule has 0 radical (unpaired) electrons. The van der Waals surface area contributed by atoms with E-state index in [2.05, 4.69) is 0 Å². The van der Waals surface area contributed by atoms with Gasteiger partial charge in [0.2, 0.25) is 0 Å². The van der Waals surface area contributed by atoms with E-state index in [1.807, 2.05) is 0 Å². The maximum absolute atomic E-state index is 10.7. The Kier molecular flexibility index (Phi) is 5.19. The summed E-state index contributed by atoms with van der Waals surface area (Å²) in [6.45, 7) is 1.26. The molecular weight excluding hydrogens is 294 g/mol. The standard InChI is InChI=1S/C8H11N5O8/c1-7(10(14)15,11(16)17)3-6(5-9)4-8(2,12(18)19)13(20)21/h6H,3-4H2,1-2H3.